The fourth-order valence-electron chi connectivity index (χ4n) is 2.56. The van der Waals surface area contributed by atoms with Gasteiger partial charge in [-0.3, -0.25) is 4.79 Å². The first-order valence-corrected chi connectivity index (χ1v) is 6.87. The van der Waals surface area contributed by atoms with Gasteiger partial charge in [-0.15, -0.1) is 0 Å². The first-order chi connectivity index (χ1) is 9.83. The molecule has 1 fully saturated rings. The highest BCUT2D eigenvalue weighted by Gasteiger charge is 2.22. The van der Waals surface area contributed by atoms with Crippen LogP contribution in [0.4, 0.5) is 5.82 Å². The molecule has 0 spiro atoms. The third kappa shape index (κ3) is 2.91. The highest BCUT2D eigenvalue weighted by Crippen LogP contribution is 2.14. The van der Waals surface area contributed by atoms with Crippen molar-refractivity contribution in [2.24, 2.45) is 0 Å². The molecule has 3 rings (SSSR count). The summed E-state index contributed by atoms with van der Waals surface area (Å²) in [6.45, 7) is 2.38. The second-order valence-electron chi connectivity index (χ2n) is 4.99. The van der Waals surface area contributed by atoms with Crippen LogP contribution in [-0.2, 0) is 6.54 Å². The van der Waals surface area contributed by atoms with Crippen molar-refractivity contribution in [2.45, 2.75) is 25.4 Å². The van der Waals surface area contributed by atoms with E-state index in [1.165, 1.54) is 0 Å². The third-order valence-corrected chi connectivity index (χ3v) is 3.55. The van der Waals surface area contributed by atoms with Gasteiger partial charge in [-0.25, -0.2) is 4.98 Å². The predicted molar refractivity (Wildman–Crippen MR) is 75.6 cm³/mol. The van der Waals surface area contributed by atoms with Gasteiger partial charge < -0.3 is 19.6 Å². The predicted octanol–water partition coefficient (Wildman–Crippen LogP) is 1.12. The van der Waals surface area contributed by atoms with Gasteiger partial charge in [0.25, 0.3) is 5.56 Å². The lowest BCUT2D eigenvalue weighted by atomic mass is 10.1. The minimum Gasteiger partial charge on any atom is -0.468 e. The second-order valence-corrected chi connectivity index (χ2v) is 4.99. The smallest absolute Gasteiger partial charge is 0.290 e. The Morgan fingerprint density at radius 1 is 1.55 bits per heavy atom. The van der Waals surface area contributed by atoms with Crippen molar-refractivity contribution in [1.82, 2.24) is 15.3 Å². The zero-order chi connectivity index (χ0) is 13.8. The first-order valence-electron chi connectivity index (χ1n) is 6.87. The SMILES string of the molecule is O=c1[nH]ccnc1N1CCCC(NCc2ccco2)C1. The van der Waals surface area contributed by atoms with E-state index in [4.69, 9.17) is 4.42 Å². The standard InChI is InChI=1S/C14H18N4O2/c19-14-13(15-5-6-16-14)18-7-1-3-11(10-18)17-9-12-4-2-8-20-12/h2,4-6,8,11,17H,1,3,7,9-10H2,(H,16,19). The van der Waals surface area contributed by atoms with E-state index in [2.05, 4.69) is 15.3 Å². The fourth-order valence-corrected chi connectivity index (χ4v) is 2.56. The summed E-state index contributed by atoms with van der Waals surface area (Å²) < 4.78 is 5.31. The molecular formula is C14H18N4O2. The van der Waals surface area contributed by atoms with Gasteiger partial charge >= 0.3 is 0 Å². The molecule has 106 valence electrons. The molecule has 0 aliphatic carbocycles. The lowest BCUT2D eigenvalue weighted by molar-refractivity contribution is 0.393. The van der Waals surface area contributed by atoms with Crippen molar-refractivity contribution < 1.29 is 4.42 Å². The summed E-state index contributed by atoms with van der Waals surface area (Å²) in [5.41, 5.74) is -0.126. The summed E-state index contributed by atoms with van der Waals surface area (Å²) in [6.07, 6.45) is 7.00. The number of hydrogen-bond acceptors (Lipinski definition) is 5. The monoisotopic (exact) mass is 274 g/mol. The van der Waals surface area contributed by atoms with Gasteiger partial charge in [0.15, 0.2) is 5.82 Å². The molecule has 2 N–H and O–H groups in total. The molecule has 1 unspecified atom stereocenters. The van der Waals surface area contributed by atoms with Crippen molar-refractivity contribution >= 4 is 5.82 Å². The van der Waals surface area contributed by atoms with E-state index < -0.39 is 0 Å². The number of rotatable bonds is 4. The molecule has 2 aromatic rings. The zero-order valence-electron chi connectivity index (χ0n) is 11.2. The summed E-state index contributed by atoms with van der Waals surface area (Å²) >= 11 is 0. The molecule has 2 aromatic heterocycles. The maximum absolute atomic E-state index is 11.8. The van der Waals surface area contributed by atoms with E-state index in [0.29, 0.717) is 18.4 Å². The summed E-state index contributed by atoms with van der Waals surface area (Å²) in [6, 6.07) is 4.18. The van der Waals surface area contributed by atoms with Crippen LogP contribution in [0.15, 0.2) is 40.0 Å². The minimum atomic E-state index is -0.126. The number of aromatic nitrogens is 2. The van der Waals surface area contributed by atoms with E-state index in [-0.39, 0.29) is 5.56 Å². The summed E-state index contributed by atoms with van der Waals surface area (Å²) in [7, 11) is 0. The zero-order valence-corrected chi connectivity index (χ0v) is 11.2. The van der Waals surface area contributed by atoms with Gasteiger partial charge in [0.05, 0.1) is 12.8 Å². The van der Waals surface area contributed by atoms with Crippen LogP contribution in [0, 0.1) is 0 Å². The van der Waals surface area contributed by atoms with Crippen molar-refractivity contribution in [2.75, 3.05) is 18.0 Å². The largest absolute Gasteiger partial charge is 0.468 e. The number of anilines is 1. The van der Waals surface area contributed by atoms with Crippen LogP contribution in [0.25, 0.3) is 0 Å². The average molecular weight is 274 g/mol. The third-order valence-electron chi connectivity index (χ3n) is 3.55. The highest BCUT2D eigenvalue weighted by atomic mass is 16.3. The highest BCUT2D eigenvalue weighted by molar-refractivity contribution is 5.36. The number of piperidine rings is 1. The Bertz CT molecular complexity index is 593. The molecule has 6 heteroatoms. The first kappa shape index (κ1) is 12.9. The number of furan rings is 1. The van der Waals surface area contributed by atoms with E-state index >= 15 is 0 Å². The van der Waals surface area contributed by atoms with E-state index in [0.717, 1.165) is 31.7 Å². The molecule has 6 nitrogen and oxygen atoms in total. The number of nitrogens with one attached hydrogen (secondary N) is 2. The van der Waals surface area contributed by atoms with Crippen LogP contribution < -0.4 is 15.8 Å². The Balaban J connectivity index is 1.62. The summed E-state index contributed by atoms with van der Waals surface area (Å²) in [5.74, 6) is 1.44. The van der Waals surface area contributed by atoms with Crippen LogP contribution in [0.3, 0.4) is 0 Å². The molecule has 0 bridgehead atoms. The Hall–Kier alpha value is -2.08. The number of H-pyrrole nitrogens is 1. The molecule has 1 atom stereocenters. The molecule has 0 radical (unpaired) electrons. The van der Waals surface area contributed by atoms with Gasteiger partial charge in [-0.2, -0.15) is 0 Å². The molecule has 0 saturated carbocycles. The average Bonchev–Trinajstić information content (AvgIpc) is 2.99. The Kier molecular flexibility index (Phi) is 3.83. The molecule has 1 saturated heterocycles. The van der Waals surface area contributed by atoms with Crippen molar-refractivity contribution in [3.8, 4) is 0 Å². The van der Waals surface area contributed by atoms with Gasteiger partial charge in [0, 0.05) is 31.5 Å². The molecule has 1 aliphatic heterocycles. The van der Waals surface area contributed by atoms with Gasteiger partial charge in [-0.1, -0.05) is 0 Å². The van der Waals surface area contributed by atoms with Crippen molar-refractivity contribution in [3.05, 3.63) is 46.9 Å². The van der Waals surface area contributed by atoms with E-state index in [9.17, 15) is 4.79 Å². The van der Waals surface area contributed by atoms with Crippen molar-refractivity contribution in [1.29, 1.82) is 0 Å². The van der Waals surface area contributed by atoms with Crippen LogP contribution in [0.1, 0.15) is 18.6 Å². The molecular weight excluding hydrogens is 256 g/mol. The number of aromatic amines is 1. The topological polar surface area (TPSA) is 74.2 Å². The molecule has 0 aromatic carbocycles. The minimum absolute atomic E-state index is 0.126. The van der Waals surface area contributed by atoms with Gasteiger partial charge in [0.2, 0.25) is 0 Å². The van der Waals surface area contributed by atoms with Crippen LogP contribution in [0.5, 0.6) is 0 Å². The molecule has 20 heavy (non-hydrogen) atoms. The Morgan fingerprint density at radius 2 is 2.50 bits per heavy atom. The second kappa shape index (κ2) is 5.92. The van der Waals surface area contributed by atoms with Crippen LogP contribution in [0.2, 0.25) is 0 Å². The van der Waals surface area contributed by atoms with E-state index in [1.807, 2.05) is 17.0 Å². The lowest BCUT2D eigenvalue weighted by Gasteiger charge is -2.33. The quantitative estimate of drug-likeness (QED) is 0.874. The van der Waals surface area contributed by atoms with E-state index in [1.54, 1.807) is 18.7 Å². The van der Waals surface area contributed by atoms with Crippen molar-refractivity contribution in [3.63, 3.8) is 0 Å². The fraction of sp³-hybridized carbons (Fsp3) is 0.429. The molecule has 1 aliphatic rings. The summed E-state index contributed by atoms with van der Waals surface area (Å²) in [5, 5.41) is 3.47. The van der Waals surface area contributed by atoms with Crippen LogP contribution in [-0.4, -0.2) is 29.1 Å². The van der Waals surface area contributed by atoms with Gasteiger partial charge in [0.1, 0.15) is 5.76 Å². The molecule has 0 amide bonds. The maximum atomic E-state index is 11.8. The lowest BCUT2D eigenvalue weighted by Crippen LogP contribution is -2.47. The Labute approximate surface area is 116 Å². The maximum Gasteiger partial charge on any atom is 0.290 e. The number of hydrogen-bond donors (Lipinski definition) is 2. The Morgan fingerprint density at radius 3 is 3.30 bits per heavy atom. The van der Waals surface area contributed by atoms with Crippen LogP contribution >= 0.6 is 0 Å². The molecule has 3 heterocycles. The number of nitrogens with zero attached hydrogens (tertiary/aromatic N) is 2. The summed E-state index contributed by atoms with van der Waals surface area (Å²) in [4.78, 5) is 20.7. The van der Waals surface area contributed by atoms with Gasteiger partial charge in [-0.05, 0) is 25.0 Å². The normalized spacial score (nSPS) is 19.2.